The van der Waals surface area contributed by atoms with E-state index in [0.717, 1.165) is 5.92 Å². The topological polar surface area (TPSA) is 0 Å². The van der Waals surface area contributed by atoms with E-state index in [-0.39, 0.29) is 32.7 Å². The molecule has 1 radical (unpaired) electrons. The molecule has 0 bridgehead atoms. The number of hydrogen-bond donors (Lipinski definition) is 0. The summed E-state index contributed by atoms with van der Waals surface area (Å²) >= 11 is 0. The predicted octanol–water partition coefficient (Wildman–Crippen LogP) is 8.39. The zero-order valence-corrected chi connectivity index (χ0v) is 20.3. The summed E-state index contributed by atoms with van der Waals surface area (Å²) in [6.07, 6.45) is 17.1. The molecule has 0 fully saturated rings. The van der Waals surface area contributed by atoms with Crippen molar-refractivity contribution in [3.8, 4) is 0 Å². The van der Waals surface area contributed by atoms with Crippen molar-refractivity contribution in [2.45, 2.75) is 81.1 Å². The fraction of sp³-hybridized carbons (Fsp3) is 0.591. The maximum Gasteiger partial charge on any atom is 0 e. The molecule has 0 unspecified atom stereocenters. The molecule has 137 valence electrons. The molecule has 0 rings (SSSR count). The van der Waals surface area contributed by atoms with Gasteiger partial charge in [0.15, 0.2) is 0 Å². The van der Waals surface area contributed by atoms with Gasteiger partial charge in [-0.2, -0.15) is 50.3 Å². The predicted molar refractivity (Wildman–Crippen MR) is 110 cm³/mol. The second-order valence-corrected chi connectivity index (χ2v) is 4.23. The summed E-state index contributed by atoms with van der Waals surface area (Å²) < 4.78 is 0. The third kappa shape index (κ3) is 108. The summed E-state index contributed by atoms with van der Waals surface area (Å²) in [6.45, 7) is 26.9. The minimum absolute atomic E-state index is 0. The van der Waals surface area contributed by atoms with Crippen LogP contribution in [0.1, 0.15) is 81.1 Å². The van der Waals surface area contributed by atoms with Gasteiger partial charge in [-0.15, -0.1) is 6.58 Å². The Kier molecular flexibility index (Phi) is 96.2. The summed E-state index contributed by atoms with van der Waals surface area (Å²) in [4.78, 5) is 0. The van der Waals surface area contributed by atoms with Crippen LogP contribution in [-0.4, -0.2) is 0 Å². The van der Waals surface area contributed by atoms with Crippen molar-refractivity contribution in [2.24, 2.45) is 5.92 Å². The zero-order valence-electron chi connectivity index (χ0n) is 17.5. The molecule has 0 amide bonds. The number of hydrogen-bond acceptors (Lipinski definition) is 0. The van der Waals surface area contributed by atoms with E-state index in [1.54, 1.807) is 24.3 Å². The van der Waals surface area contributed by atoms with Crippen LogP contribution in [0, 0.1) is 18.4 Å². The van der Waals surface area contributed by atoms with E-state index in [9.17, 15) is 0 Å². The van der Waals surface area contributed by atoms with Crippen molar-refractivity contribution in [1.29, 1.82) is 0 Å². The Labute approximate surface area is 175 Å². The van der Waals surface area contributed by atoms with Crippen LogP contribution in [-0.2, 0) is 32.7 Å². The van der Waals surface area contributed by atoms with Gasteiger partial charge in [-0.25, -0.2) is 0 Å². The third-order valence-electron chi connectivity index (χ3n) is 1.77. The fourth-order valence-electron chi connectivity index (χ4n) is 0.936. The Balaban J connectivity index is -0.0000000451. The Morgan fingerprint density at radius 2 is 1.43 bits per heavy atom. The van der Waals surface area contributed by atoms with Gasteiger partial charge in [0.05, 0.1) is 0 Å². The van der Waals surface area contributed by atoms with E-state index in [4.69, 9.17) is 0 Å². The molecule has 0 aromatic carbocycles. The van der Waals surface area contributed by atoms with Gasteiger partial charge < -0.3 is 6.42 Å². The quantitative estimate of drug-likeness (QED) is 0.175. The summed E-state index contributed by atoms with van der Waals surface area (Å²) in [7, 11) is 0. The van der Waals surface area contributed by atoms with Gasteiger partial charge in [-0.1, -0.05) is 67.4 Å². The minimum Gasteiger partial charge on any atom is -0.328 e. The Hall–Kier alpha value is 0.0639. The molecule has 0 aliphatic heterocycles. The first-order chi connectivity index (χ1) is 10.6. The smallest absolute Gasteiger partial charge is 0 e. The summed E-state index contributed by atoms with van der Waals surface area (Å²) in [5, 5.41) is 0. The van der Waals surface area contributed by atoms with Gasteiger partial charge >= 0.3 is 0 Å². The van der Waals surface area contributed by atoms with E-state index in [0.29, 0.717) is 0 Å². The molecule has 0 heterocycles. The molecule has 0 atom stereocenters. The van der Waals surface area contributed by atoms with E-state index in [1.165, 1.54) is 25.7 Å². The minimum atomic E-state index is 0. The van der Waals surface area contributed by atoms with Crippen LogP contribution in [0.4, 0.5) is 0 Å². The largest absolute Gasteiger partial charge is 0.328 e. The maximum atomic E-state index is 3.43. The van der Waals surface area contributed by atoms with Crippen molar-refractivity contribution in [3.05, 3.63) is 56.5 Å². The molecule has 0 saturated carbocycles. The van der Waals surface area contributed by atoms with Gasteiger partial charge in [0.25, 0.3) is 0 Å². The first-order valence-electron chi connectivity index (χ1n) is 8.80. The van der Waals surface area contributed by atoms with Crippen molar-refractivity contribution in [3.63, 3.8) is 0 Å². The molecule has 1 heteroatoms. The van der Waals surface area contributed by atoms with Crippen LogP contribution in [0.5, 0.6) is 0 Å². The van der Waals surface area contributed by atoms with Crippen LogP contribution in [0.25, 0.3) is 0 Å². The Bertz CT molecular complexity index is 180. The van der Waals surface area contributed by atoms with Crippen molar-refractivity contribution >= 4 is 0 Å². The molecule has 0 saturated heterocycles. The molecule has 0 nitrogen and oxygen atoms in total. The summed E-state index contributed by atoms with van der Waals surface area (Å²) in [5.74, 6) is 0.873. The van der Waals surface area contributed by atoms with Gasteiger partial charge in [0.2, 0.25) is 0 Å². The third-order valence-corrected chi connectivity index (χ3v) is 1.77. The SMILES string of the molecule is C=CC.C=C[C-]=CC=C.CC.CC.CCC[CH-]CCC(C)C.[Y]. The summed E-state index contributed by atoms with van der Waals surface area (Å²) in [6, 6.07) is 0. The van der Waals surface area contributed by atoms with Crippen LogP contribution in [0.3, 0.4) is 0 Å². The monoisotopic (exact) mass is 397 g/mol. The van der Waals surface area contributed by atoms with Gasteiger partial charge in [0, 0.05) is 32.7 Å². The van der Waals surface area contributed by atoms with E-state index < -0.39 is 0 Å². The average molecular weight is 398 g/mol. The fourth-order valence-corrected chi connectivity index (χ4v) is 0.936. The normalized spacial score (nSPS) is 7.52. The molecule has 0 aromatic rings. The van der Waals surface area contributed by atoms with E-state index in [1.807, 2.05) is 34.6 Å². The first-order valence-corrected chi connectivity index (χ1v) is 8.80. The zero-order chi connectivity index (χ0) is 18.6. The number of unbranched alkanes of at least 4 members (excludes halogenated alkanes) is 3. The molecule has 23 heavy (non-hydrogen) atoms. The molecule has 0 aromatic heterocycles. The standard InChI is InChI=1S/C9H19.C6H7.C3H6.2C2H6.Y/c1-4-5-6-7-8-9(2)3;1-3-5-6-4-2;1-3-2;2*1-2;/h6,9H,4-5,7-8H2,1-3H3;3-5H,1-2H2;3H,1H2,2H3;2*1-2H3;/q2*-1;;;;. The van der Waals surface area contributed by atoms with Crippen LogP contribution < -0.4 is 0 Å². The van der Waals surface area contributed by atoms with Gasteiger partial charge in [-0.05, 0) is 12.8 Å². The Morgan fingerprint density at radius 3 is 1.65 bits per heavy atom. The van der Waals surface area contributed by atoms with Crippen LogP contribution in [0.15, 0.2) is 44.0 Å². The Morgan fingerprint density at radius 1 is 1.00 bits per heavy atom. The van der Waals surface area contributed by atoms with E-state index >= 15 is 0 Å². The average Bonchev–Trinajstić information content (AvgIpc) is 2.54. The van der Waals surface area contributed by atoms with Crippen molar-refractivity contribution in [1.82, 2.24) is 0 Å². The second-order valence-electron chi connectivity index (χ2n) is 4.23. The molecule has 0 aliphatic carbocycles. The van der Waals surface area contributed by atoms with E-state index in [2.05, 4.69) is 53.0 Å². The molecular formula is C22H44Y-2. The molecular weight excluding hydrogens is 353 g/mol. The van der Waals surface area contributed by atoms with Crippen LogP contribution >= 0.6 is 0 Å². The number of allylic oxidation sites excluding steroid dienone is 5. The molecule has 0 spiro atoms. The van der Waals surface area contributed by atoms with Crippen molar-refractivity contribution in [2.75, 3.05) is 0 Å². The van der Waals surface area contributed by atoms with Gasteiger partial charge in [-0.3, -0.25) is 0 Å². The molecule has 0 aliphatic rings. The molecule has 0 N–H and O–H groups in total. The summed E-state index contributed by atoms with van der Waals surface area (Å²) in [5.41, 5.74) is 0. The maximum absolute atomic E-state index is 3.43. The van der Waals surface area contributed by atoms with Crippen molar-refractivity contribution < 1.29 is 32.7 Å². The van der Waals surface area contributed by atoms with Gasteiger partial charge in [0.1, 0.15) is 0 Å². The first kappa shape index (κ1) is 38.6. The number of rotatable bonds is 7. The van der Waals surface area contributed by atoms with Crippen LogP contribution in [0.2, 0.25) is 0 Å². The second kappa shape index (κ2) is 57.4.